The zero-order valence-corrected chi connectivity index (χ0v) is 19.3. The average molecular weight is 435 g/mol. The van der Waals surface area contributed by atoms with Gasteiger partial charge in [-0.2, -0.15) is 0 Å². The normalized spacial score (nSPS) is 12.3. The number of nitrogens with two attached hydrogens (primary N) is 1. The number of allylic oxidation sites excluding steroid dienone is 2. The van der Waals surface area contributed by atoms with E-state index in [1.54, 1.807) is 18.2 Å². The largest absolute Gasteiger partial charge is 0.401 e. The summed E-state index contributed by atoms with van der Waals surface area (Å²) < 4.78 is 5.80. The summed E-state index contributed by atoms with van der Waals surface area (Å²) in [6.07, 6.45) is 2.00. The lowest BCUT2D eigenvalue weighted by atomic mass is 10.1. The summed E-state index contributed by atoms with van der Waals surface area (Å²) in [6.45, 7) is 9.47. The van der Waals surface area contributed by atoms with E-state index in [0.717, 1.165) is 29.9 Å². The average Bonchev–Trinajstić information content (AvgIpc) is 2.66. The number of ether oxygens (including phenoxy) is 1. The van der Waals surface area contributed by atoms with Gasteiger partial charge in [-0.05, 0) is 43.0 Å². The Kier molecular flexibility index (Phi) is 12.4. The second-order valence-corrected chi connectivity index (χ2v) is 7.94. The van der Waals surface area contributed by atoms with Crippen molar-refractivity contribution in [3.8, 4) is 0 Å². The molecular weight excluding hydrogens is 403 g/mol. The minimum absolute atomic E-state index is 0.330. The number of benzene rings is 2. The zero-order valence-electron chi connectivity index (χ0n) is 17.8. The molecule has 0 aromatic heterocycles. The minimum Gasteiger partial charge on any atom is -0.401 e. The lowest BCUT2D eigenvalue weighted by molar-refractivity contribution is 0.157. The molecule has 0 aliphatic rings. The van der Waals surface area contributed by atoms with Gasteiger partial charge in [0.2, 0.25) is 0 Å². The predicted molar refractivity (Wildman–Crippen MR) is 127 cm³/mol. The van der Waals surface area contributed by atoms with Crippen LogP contribution < -0.4 is 5.73 Å². The Morgan fingerprint density at radius 1 is 1.03 bits per heavy atom. The van der Waals surface area contributed by atoms with Gasteiger partial charge in [-0.25, -0.2) is 0 Å². The maximum Gasteiger partial charge on any atom is 0.0853 e. The van der Waals surface area contributed by atoms with Crippen molar-refractivity contribution in [1.29, 1.82) is 0 Å². The highest BCUT2D eigenvalue weighted by molar-refractivity contribution is 6.34. The maximum absolute atomic E-state index is 5.93. The van der Waals surface area contributed by atoms with Gasteiger partial charge in [0.15, 0.2) is 0 Å². The molecular formula is C24H32Cl2N2O. The van der Waals surface area contributed by atoms with Crippen LogP contribution in [0.4, 0.5) is 0 Å². The number of hydrogen-bond acceptors (Lipinski definition) is 3. The highest BCUT2D eigenvalue weighted by atomic mass is 35.5. The SMILES string of the molecule is CCCC(COCc1ccccc1)=N/C(=C(\C)N)C(C)C.Clc1cccc(Cl)c1. The van der Waals surface area contributed by atoms with Crippen LogP contribution in [0, 0.1) is 5.92 Å². The van der Waals surface area contributed by atoms with Gasteiger partial charge >= 0.3 is 0 Å². The smallest absolute Gasteiger partial charge is 0.0853 e. The second kappa shape index (κ2) is 14.2. The molecule has 0 unspecified atom stereocenters. The molecule has 0 spiro atoms. The minimum atomic E-state index is 0.330. The molecule has 0 aliphatic carbocycles. The van der Waals surface area contributed by atoms with E-state index < -0.39 is 0 Å². The van der Waals surface area contributed by atoms with E-state index in [4.69, 9.17) is 38.7 Å². The summed E-state index contributed by atoms with van der Waals surface area (Å²) in [5.74, 6) is 0.330. The molecule has 0 aliphatic heterocycles. The number of hydrogen-bond donors (Lipinski definition) is 1. The monoisotopic (exact) mass is 434 g/mol. The molecule has 3 nitrogen and oxygen atoms in total. The van der Waals surface area contributed by atoms with Crippen LogP contribution in [0.15, 0.2) is 71.0 Å². The van der Waals surface area contributed by atoms with Crippen molar-refractivity contribution in [3.63, 3.8) is 0 Å². The molecule has 2 N–H and O–H groups in total. The van der Waals surface area contributed by atoms with Crippen LogP contribution in [-0.4, -0.2) is 12.3 Å². The Morgan fingerprint density at radius 3 is 2.10 bits per heavy atom. The standard InChI is InChI=1S/C18H28N2O.C6H4Cl2/c1-5-9-17(20-18(14(2)3)15(4)19)13-21-12-16-10-7-6-8-11-16;7-5-2-1-3-6(8)4-5/h6-8,10-11,14H,5,9,12-13,19H2,1-4H3;1-4H/b18-15+,20-17?;. The molecule has 2 aromatic rings. The van der Waals surface area contributed by atoms with Crippen LogP contribution in [0.25, 0.3) is 0 Å². The van der Waals surface area contributed by atoms with Crippen molar-refractivity contribution < 1.29 is 4.74 Å². The molecule has 29 heavy (non-hydrogen) atoms. The van der Waals surface area contributed by atoms with Crippen LogP contribution in [0.5, 0.6) is 0 Å². The van der Waals surface area contributed by atoms with Crippen molar-refractivity contribution in [3.05, 3.63) is 81.6 Å². The van der Waals surface area contributed by atoms with Crippen molar-refractivity contribution in [1.82, 2.24) is 0 Å². The molecule has 0 fully saturated rings. The van der Waals surface area contributed by atoms with E-state index in [0.29, 0.717) is 29.2 Å². The van der Waals surface area contributed by atoms with Crippen LogP contribution in [0.1, 0.15) is 46.1 Å². The molecule has 0 radical (unpaired) electrons. The molecule has 2 aromatic carbocycles. The van der Waals surface area contributed by atoms with Gasteiger partial charge in [0.1, 0.15) is 0 Å². The first kappa shape index (κ1) is 25.2. The Bertz CT molecular complexity index is 765. The molecule has 5 heteroatoms. The van der Waals surface area contributed by atoms with E-state index in [1.165, 1.54) is 5.56 Å². The first-order valence-corrected chi connectivity index (χ1v) is 10.6. The van der Waals surface area contributed by atoms with Crippen LogP contribution in [-0.2, 0) is 11.3 Å². The van der Waals surface area contributed by atoms with Crippen LogP contribution in [0.2, 0.25) is 10.0 Å². The van der Waals surface area contributed by atoms with Gasteiger partial charge in [0.05, 0.1) is 18.9 Å². The highest BCUT2D eigenvalue weighted by Gasteiger charge is 2.07. The highest BCUT2D eigenvalue weighted by Crippen LogP contribution is 2.15. The summed E-state index contributed by atoms with van der Waals surface area (Å²) >= 11 is 11.1. The molecule has 0 bridgehead atoms. The topological polar surface area (TPSA) is 47.6 Å². The molecule has 0 saturated heterocycles. The number of halogens is 2. The van der Waals surface area contributed by atoms with Crippen molar-refractivity contribution in [2.45, 2.75) is 47.1 Å². The lowest BCUT2D eigenvalue weighted by Crippen LogP contribution is -2.12. The fourth-order valence-corrected chi connectivity index (χ4v) is 3.05. The van der Waals surface area contributed by atoms with Gasteiger partial charge < -0.3 is 10.5 Å². The van der Waals surface area contributed by atoms with Crippen LogP contribution >= 0.6 is 23.2 Å². The lowest BCUT2D eigenvalue weighted by Gasteiger charge is -2.12. The first-order valence-electron chi connectivity index (χ1n) is 9.88. The second-order valence-electron chi connectivity index (χ2n) is 7.07. The van der Waals surface area contributed by atoms with Crippen molar-refractivity contribution in [2.75, 3.05) is 6.61 Å². The third-order valence-corrected chi connectivity index (χ3v) is 4.41. The van der Waals surface area contributed by atoms with Gasteiger partial charge in [0, 0.05) is 21.5 Å². The third-order valence-electron chi connectivity index (χ3n) is 3.93. The Hall–Kier alpha value is -1.81. The summed E-state index contributed by atoms with van der Waals surface area (Å²) in [5.41, 5.74) is 9.96. The Morgan fingerprint density at radius 2 is 1.66 bits per heavy atom. The number of rotatable bonds is 8. The predicted octanol–water partition coefficient (Wildman–Crippen LogP) is 7.28. The first-order chi connectivity index (χ1) is 13.8. The van der Waals surface area contributed by atoms with Gasteiger partial charge in [-0.15, -0.1) is 0 Å². The summed E-state index contributed by atoms with van der Waals surface area (Å²) in [7, 11) is 0. The number of nitrogens with zero attached hydrogens (tertiary/aromatic N) is 1. The summed E-state index contributed by atoms with van der Waals surface area (Å²) in [5, 5.41) is 1.36. The zero-order chi connectivity index (χ0) is 21.6. The van der Waals surface area contributed by atoms with Gasteiger partial charge in [-0.1, -0.05) is 86.8 Å². The third kappa shape index (κ3) is 11.1. The fraction of sp³-hybridized carbons (Fsp3) is 0.375. The van der Waals surface area contributed by atoms with E-state index in [9.17, 15) is 0 Å². The summed E-state index contributed by atoms with van der Waals surface area (Å²) in [6, 6.07) is 17.3. The molecule has 158 valence electrons. The quantitative estimate of drug-likeness (QED) is 0.443. The fourth-order valence-electron chi connectivity index (χ4n) is 2.61. The molecule has 0 atom stereocenters. The van der Waals surface area contributed by atoms with Crippen LogP contribution in [0.3, 0.4) is 0 Å². The van der Waals surface area contributed by atoms with Gasteiger partial charge in [-0.3, -0.25) is 4.99 Å². The molecule has 2 rings (SSSR count). The van der Waals surface area contributed by atoms with E-state index in [-0.39, 0.29) is 0 Å². The Balaban J connectivity index is 0.000000436. The number of aliphatic imine (C=N–C) groups is 1. The van der Waals surface area contributed by atoms with E-state index in [1.807, 2.05) is 31.2 Å². The summed E-state index contributed by atoms with van der Waals surface area (Å²) in [4.78, 5) is 4.74. The van der Waals surface area contributed by atoms with E-state index >= 15 is 0 Å². The molecule has 0 saturated carbocycles. The molecule has 0 heterocycles. The molecule has 0 amide bonds. The van der Waals surface area contributed by atoms with Crippen molar-refractivity contribution in [2.24, 2.45) is 16.6 Å². The van der Waals surface area contributed by atoms with E-state index in [2.05, 4.69) is 32.9 Å². The van der Waals surface area contributed by atoms with Gasteiger partial charge in [0.25, 0.3) is 0 Å². The Labute approximate surface area is 185 Å². The maximum atomic E-state index is 5.93. The van der Waals surface area contributed by atoms with Crippen molar-refractivity contribution >= 4 is 28.9 Å².